The highest BCUT2D eigenvalue weighted by molar-refractivity contribution is 6.32. The Kier molecular flexibility index (Phi) is 4.79. The Labute approximate surface area is 184 Å². The van der Waals surface area contributed by atoms with Gasteiger partial charge in [0.05, 0.1) is 11.8 Å². The van der Waals surface area contributed by atoms with Gasteiger partial charge in [-0.1, -0.05) is 35.9 Å². The molecule has 0 bridgehead atoms. The summed E-state index contributed by atoms with van der Waals surface area (Å²) in [7, 11) is 1.90. The van der Waals surface area contributed by atoms with E-state index in [1.54, 1.807) is 32.3 Å². The van der Waals surface area contributed by atoms with Gasteiger partial charge in [-0.2, -0.15) is 5.10 Å². The molecule has 1 aromatic carbocycles. The van der Waals surface area contributed by atoms with Crippen molar-refractivity contribution in [3.8, 4) is 22.4 Å². The third kappa shape index (κ3) is 3.40. The Morgan fingerprint density at radius 1 is 1.19 bits per heavy atom. The molecule has 4 aromatic rings. The van der Waals surface area contributed by atoms with Gasteiger partial charge in [0, 0.05) is 49.2 Å². The first-order valence-corrected chi connectivity index (χ1v) is 10.5. The summed E-state index contributed by atoms with van der Waals surface area (Å²) in [4.78, 5) is 19.3. The highest BCUT2D eigenvalue weighted by atomic mass is 35.5. The summed E-state index contributed by atoms with van der Waals surface area (Å²) in [6, 6.07) is 11.5. The van der Waals surface area contributed by atoms with Gasteiger partial charge in [0.1, 0.15) is 16.5 Å². The molecule has 0 aliphatic carbocycles. The summed E-state index contributed by atoms with van der Waals surface area (Å²) in [5.41, 5.74) is 5.64. The van der Waals surface area contributed by atoms with Crippen molar-refractivity contribution in [3.63, 3.8) is 0 Å². The summed E-state index contributed by atoms with van der Waals surface area (Å²) in [5.74, 6) is -0.105. The highest BCUT2D eigenvalue weighted by Gasteiger charge is 2.26. The molecule has 4 heterocycles. The van der Waals surface area contributed by atoms with E-state index in [0.717, 1.165) is 22.4 Å². The van der Waals surface area contributed by atoms with Crippen LogP contribution in [-0.2, 0) is 7.05 Å². The van der Waals surface area contributed by atoms with E-state index in [4.69, 9.17) is 16.6 Å². The predicted molar refractivity (Wildman–Crippen MR) is 119 cm³/mol. The number of aliphatic hydroxyl groups is 1. The van der Waals surface area contributed by atoms with Gasteiger partial charge in [0.15, 0.2) is 0 Å². The molecule has 1 amide bonds. The number of aliphatic hydroxyl groups excluding tert-OH is 1. The van der Waals surface area contributed by atoms with Crippen LogP contribution >= 0.6 is 11.6 Å². The molecule has 0 saturated carbocycles. The van der Waals surface area contributed by atoms with Crippen LogP contribution in [-0.4, -0.2) is 54.3 Å². The average molecular weight is 436 g/mol. The molecule has 1 aliphatic rings. The van der Waals surface area contributed by atoms with E-state index in [-0.39, 0.29) is 5.91 Å². The van der Waals surface area contributed by atoms with Crippen molar-refractivity contribution in [2.45, 2.75) is 19.4 Å². The first kappa shape index (κ1) is 19.8. The second-order valence-electron chi connectivity index (χ2n) is 7.94. The summed E-state index contributed by atoms with van der Waals surface area (Å²) in [5, 5.41) is 14.7. The van der Waals surface area contributed by atoms with E-state index in [9.17, 15) is 9.90 Å². The van der Waals surface area contributed by atoms with Crippen LogP contribution in [0.15, 0.2) is 48.8 Å². The van der Waals surface area contributed by atoms with E-state index in [2.05, 4.69) is 5.10 Å². The molecule has 1 saturated heterocycles. The molecule has 158 valence electrons. The fraction of sp³-hybridized carbons (Fsp3) is 0.261. The first-order chi connectivity index (χ1) is 14.9. The van der Waals surface area contributed by atoms with Crippen LogP contribution in [0.25, 0.3) is 28.0 Å². The molecule has 1 aliphatic heterocycles. The van der Waals surface area contributed by atoms with Gasteiger partial charge in [-0.3, -0.25) is 13.9 Å². The van der Waals surface area contributed by atoms with Crippen molar-refractivity contribution < 1.29 is 9.90 Å². The van der Waals surface area contributed by atoms with Crippen LogP contribution in [0.2, 0.25) is 5.15 Å². The highest BCUT2D eigenvalue weighted by Crippen LogP contribution is 2.37. The molecule has 0 radical (unpaired) electrons. The van der Waals surface area contributed by atoms with Crippen LogP contribution in [0.5, 0.6) is 0 Å². The van der Waals surface area contributed by atoms with Gasteiger partial charge in [0.2, 0.25) is 0 Å². The molecule has 1 fully saturated rings. The molecule has 1 atom stereocenters. The largest absolute Gasteiger partial charge is 0.391 e. The third-order valence-corrected chi connectivity index (χ3v) is 6.11. The predicted octanol–water partition coefficient (Wildman–Crippen LogP) is 3.57. The lowest BCUT2D eigenvalue weighted by Crippen LogP contribution is -2.29. The molecule has 0 unspecified atom stereocenters. The zero-order valence-corrected chi connectivity index (χ0v) is 18.0. The summed E-state index contributed by atoms with van der Waals surface area (Å²) < 4.78 is 3.57. The minimum Gasteiger partial charge on any atom is -0.391 e. The fourth-order valence-corrected chi connectivity index (χ4v) is 4.50. The Balaban J connectivity index is 1.59. The van der Waals surface area contributed by atoms with Crippen LogP contribution in [0, 0.1) is 6.92 Å². The monoisotopic (exact) mass is 435 g/mol. The molecule has 31 heavy (non-hydrogen) atoms. The summed E-state index contributed by atoms with van der Waals surface area (Å²) in [6.45, 7) is 2.90. The van der Waals surface area contributed by atoms with Crippen LogP contribution in [0.4, 0.5) is 0 Å². The van der Waals surface area contributed by atoms with Crippen LogP contribution < -0.4 is 0 Å². The van der Waals surface area contributed by atoms with Crippen LogP contribution in [0.3, 0.4) is 0 Å². The molecular weight excluding hydrogens is 414 g/mol. The topological polar surface area (TPSA) is 75.7 Å². The quantitative estimate of drug-likeness (QED) is 0.533. The molecule has 3 aromatic heterocycles. The standard InChI is InChI=1S/C23H22ClN5O2/c1-14-19(13-27(2)26-14)17-5-3-4-6-18(17)21-22(24)29-10-7-15(11-20(29)25-21)23(31)28-9-8-16(30)12-28/h3-7,10-11,13,16,30H,8-9,12H2,1-2H3/t16-/m0/s1. The maximum absolute atomic E-state index is 12.8. The fourth-order valence-electron chi connectivity index (χ4n) is 4.22. The van der Waals surface area contributed by atoms with E-state index < -0.39 is 6.10 Å². The Morgan fingerprint density at radius 2 is 1.97 bits per heavy atom. The molecule has 1 N–H and O–H groups in total. The number of halogens is 1. The number of carbonyl (C=O) groups is 1. The number of benzene rings is 1. The van der Waals surface area contributed by atoms with Crippen LogP contribution in [0.1, 0.15) is 22.5 Å². The van der Waals surface area contributed by atoms with E-state index in [0.29, 0.717) is 41.6 Å². The molecular formula is C23H22ClN5O2. The number of rotatable bonds is 3. The van der Waals surface area contributed by atoms with Crippen molar-refractivity contribution in [2.75, 3.05) is 13.1 Å². The second-order valence-corrected chi connectivity index (χ2v) is 8.29. The lowest BCUT2D eigenvalue weighted by Gasteiger charge is -2.15. The Morgan fingerprint density at radius 3 is 2.65 bits per heavy atom. The van der Waals surface area contributed by atoms with Gasteiger partial charge >= 0.3 is 0 Å². The first-order valence-electron chi connectivity index (χ1n) is 10.2. The molecule has 5 rings (SSSR count). The zero-order valence-electron chi connectivity index (χ0n) is 17.3. The number of aromatic nitrogens is 4. The Hall–Kier alpha value is -3.16. The van der Waals surface area contributed by atoms with Gasteiger partial charge in [-0.25, -0.2) is 4.98 Å². The number of hydrogen-bond donors (Lipinski definition) is 1. The maximum atomic E-state index is 12.8. The van der Waals surface area contributed by atoms with Gasteiger partial charge in [-0.15, -0.1) is 0 Å². The van der Waals surface area contributed by atoms with Crippen molar-refractivity contribution >= 4 is 23.2 Å². The lowest BCUT2D eigenvalue weighted by molar-refractivity contribution is 0.0765. The molecule has 7 nitrogen and oxygen atoms in total. The normalized spacial score (nSPS) is 16.4. The number of pyridine rings is 1. The number of carbonyl (C=O) groups excluding carboxylic acids is 1. The van der Waals surface area contributed by atoms with Gasteiger partial charge in [-0.05, 0) is 31.0 Å². The second kappa shape index (κ2) is 7.51. The van der Waals surface area contributed by atoms with E-state index >= 15 is 0 Å². The van der Waals surface area contributed by atoms with Crippen molar-refractivity contribution in [3.05, 3.63) is 65.2 Å². The number of nitrogens with zero attached hydrogens (tertiary/aromatic N) is 5. The Bertz CT molecular complexity index is 1310. The molecule has 0 spiro atoms. The summed E-state index contributed by atoms with van der Waals surface area (Å²) >= 11 is 6.73. The summed E-state index contributed by atoms with van der Waals surface area (Å²) in [6.07, 6.45) is 3.91. The number of likely N-dealkylation sites (tertiary alicyclic amines) is 1. The zero-order chi connectivity index (χ0) is 21.7. The number of β-amino-alcohol motifs (C(OH)–C–C–N with tert-alkyl or cyclic N) is 1. The number of imidazole rings is 1. The smallest absolute Gasteiger partial charge is 0.254 e. The maximum Gasteiger partial charge on any atom is 0.254 e. The van der Waals surface area contributed by atoms with Crippen molar-refractivity contribution in [2.24, 2.45) is 7.05 Å². The minimum absolute atomic E-state index is 0.105. The third-order valence-electron chi connectivity index (χ3n) is 5.75. The average Bonchev–Trinajstić information content (AvgIpc) is 3.44. The number of fused-ring (bicyclic) bond motifs is 1. The van der Waals surface area contributed by atoms with E-state index in [1.165, 1.54) is 0 Å². The van der Waals surface area contributed by atoms with Crippen molar-refractivity contribution in [1.82, 2.24) is 24.1 Å². The van der Waals surface area contributed by atoms with Gasteiger partial charge < -0.3 is 10.0 Å². The lowest BCUT2D eigenvalue weighted by atomic mass is 9.99. The number of aryl methyl sites for hydroxylation is 2. The molecule has 8 heteroatoms. The van der Waals surface area contributed by atoms with Crippen molar-refractivity contribution in [1.29, 1.82) is 0 Å². The minimum atomic E-state index is -0.451. The van der Waals surface area contributed by atoms with E-state index in [1.807, 2.05) is 44.4 Å². The SMILES string of the molecule is Cc1nn(C)cc1-c1ccccc1-c1nc2cc(C(=O)N3CC[C@H](O)C3)ccn2c1Cl. The number of amides is 1. The number of hydrogen-bond acceptors (Lipinski definition) is 4. The van der Waals surface area contributed by atoms with Gasteiger partial charge in [0.25, 0.3) is 5.91 Å².